The van der Waals surface area contributed by atoms with Crippen LogP contribution in [0.5, 0.6) is 0 Å². The number of unbranched alkanes of at least 4 members (excludes halogenated alkanes) is 1. The Labute approximate surface area is 125 Å². The third kappa shape index (κ3) is 2.48. The number of amides is 2. The molecule has 0 bridgehead atoms. The van der Waals surface area contributed by atoms with E-state index in [0.717, 1.165) is 50.8 Å². The van der Waals surface area contributed by atoms with Crippen molar-refractivity contribution in [3.05, 3.63) is 34.9 Å². The van der Waals surface area contributed by atoms with Crippen molar-refractivity contribution in [1.82, 2.24) is 10.2 Å². The van der Waals surface area contributed by atoms with Gasteiger partial charge in [0.15, 0.2) is 0 Å². The summed E-state index contributed by atoms with van der Waals surface area (Å²) in [4.78, 5) is 26.9. The van der Waals surface area contributed by atoms with Crippen LogP contribution in [0.25, 0.3) is 0 Å². The summed E-state index contributed by atoms with van der Waals surface area (Å²) in [6, 6.07) is 5.69. The molecule has 1 unspecified atom stereocenters. The van der Waals surface area contributed by atoms with Crippen molar-refractivity contribution in [2.75, 3.05) is 13.1 Å². The van der Waals surface area contributed by atoms with Gasteiger partial charge < -0.3 is 5.32 Å². The topological polar surface area (TPSA) is 49.4 Å². The molecule has 2 amide bonds. The van der Waals surface area contributed by atoms with Crippen molar-refractivity contribution in [3.8, 4) is 0 Å². The van der Waals surface area contributed by atoms with Crippen LogP contribution in [-0.4, -0.2) is 35.8 Å². The monoisotopic (exact) mass is 286 g/mol. The molecule has 4 nitrogen and oxygen atoms in total. The Kier molecular flexibility index (Phi) is 4.06. The molecule has 2 aliphatic rings. The number of benzene rings is 1. The minimum absolute atomic E-state index is 0.00479. The van der Waals surface area contributed by atoms with Gasteiger partial charge in [0, 0.05) is 6.54 Å². The number of carbonyl (C=O) groups is 2. The Bertz CT molecular complexity index is 562. The van der Waals surface area contributed by atoms with Gasteiger partial charge in [0.25, 0.3) is 11.8 Å². The normalized spacial score (nSPS) is 21.8. The third-order valence-electron chi connectivity index (χ3n) is 4.47. The van der Waals surface area contributed by atoms with E-state index in [4.69, 9.17) is 0 Å². The van der Waals surface area contributed by atoms with Gasteiger partial charge in [-0.15, -0.1) is 0 Å². The fourth-order valence-corrected chi connectivity index (χ4v) is 3.33. The Morgan fingerprint density at radius 1 is 1.29 bits per heavy atom. The van der Waals surface area contributed by atoms with E-state index in [2.05, 4.69) is 12.2 Å². The van der Waals surface area contributed by atoms with Gasteiger partial charge in [0.05, 0.1) is 17.2 Å². The number of carbonyl (C=O) groups excluding carboxylic acids is 2. The van der Waals surface area contributed by atoms with E-state index >= 15 is 0 Å². The highest BCUT2D eigenvalue weighted by Gasteiger charge is 2.41. The number of nitrogens with zero attached hydrogens (tertiary/aromatic N) is 1. The van der Waals surface area contributed by atoms with Gasteiger partial charge in [-0.1, -0.05) is 25.5 Å². The minimum Gasteiger partial charge on any atom is -0.315 e. The molecule has 1 saturated heterocycles. The quantitative estimate of drug-likeness (QED) is 0.865. The first-order chi connectivity index (χ1) is 10.2. The molecule has 21 heavy (non-hydrogen) atoms. The Balaban J connectivity index is 1.92. The summed E-state index contributed by atoms with van der Waals surface area (Å²) in [7, 11) is 0. The third-order valence-corrected chi connectivity index (χ3v) is 4.47. The highest BCUT2D eigenvalue weighted by atomic mass is 16.2. The summed E-state index contributed by atoms with van der Waals surface area (Å²) in [5.74, 6) is -0.197. The zero-order chi connectivity index (χ0) is 14.8. The lowest BCUT2D eigenvalue weighted by Crippen LogP contribution is -2.48. The van der Waals surface area contributed by atoms with Crippen LogP contribution in [-0.2, 0) is 6.42 Å². The summed E-state index contributed by atoms with van der Waals surface area (Å²) >= 11 is 0. The minimum atomic E-state index is -0.109. The van der Waals surface area contributed by atoms with Crippen molar-refractivity contribution >= 4 is 11.8 Å². The summed E-state index contributed by atoms with van der Waals surface area (Å²) in [6.07, 6.45) is 4.92. The first-order valence-electron chi connectivity index (χ1n) is 7.94. The maximum Gasteiger partial charge on any atom is 0.262 e. The predicted octanol–water partition coefficient (Wildman–Crippen LogP) is 2.38. The molecule has 2 aliphatic heterocycles. The van der Waals surface area contributed by atoms with Crippen LogP contribution in [0.15, 0.2) is 18.2 Å². The van der Waals surface area contributed by atoms with Gasteiger partial charge in [0.2, 0.25) is 0 Å². The summed E-state index contributed by atoms with van der Waals surface area (Å²) in [5.41, 5.74) is 2.28. The summed E-state index contributed by atoms with van der Waals surface area (Å²) < 4.78 is 0. The molecular formula is C17H22N2O2. The zero-order valence-electron chi connectivity index (χ0n) is 12.5. The van der Waals surface area contributed by atoms with E-state index in [0.29, 0.717) is 11.1 Å². The summed E-state index contributed by atoms with van der Waals surface area (Å²) in [5, 5.41) is 3.28. The molecule has 0 spiro atoms. The van der Waals surface area contributed by atoms with E-state index in [9.17, 15) is 9.59 Å². The first-order valence-corrected chi connectivity index (χ1v) is 7.94. The average Bonchev–Trinajstić information content (AvgIpc) is 2.78. The molecule has 1 aromatic rings. The average molecular weight is 286 g/mol. The number of hydrogen-bond acceptors (Lipinski definition) is 3. The molecule has 4 heteroatoms. The number of hydrogen-bond donors (Lipinski definition) is 1. The molecule has 0 aromatic heterocycles. The van der Waals surface area contributed by atoms with Gasteiger partial charge in [-0.05, 0) is 43.9 Å². The van der Waals surface area contributed by atoms with Crippen LogP contribution < -0.4 is 5.32 Å². The van der Waals surface area contributed by atoms with Crippen LogP contribution in [0.4, 0.5) is 0 Å². The second-order valence-electron chi connectivity index (χ2n) is 5.92. The van der Waals surface area contributed by atoms with E-state index in [1.165, 1.54) is 4.90 Å². The maximum atomic E-state index is 12.8. The number of fused-ring (bicyclic) bond motifs is 1. The van der Waals surface area contributed by atoms with Gasteiger partial charge in [0.1, 0.15) is 0 Å². The number of aryl methyl sites for hydroxylation is 1. The molecule has 112 valence electrons. The van der Waals surface area contributed by atoms with Crippen molar-refractivity contribution < 1.29 is 9.59 Å². The lowest BCUT2D eigenvalue weighted by molar-refractivity contribution is 0.0560. The van der Waals surface area contributed by atoms with Crippen LogP contribution in [0.1, 0.15) is 58.9 Å². The van der Waals surface area contributed by atoms with E-state index in [1.807, 2.05) is 12.1 Å². The summed E-state index contributed by atoms with van der Waals surface area (Å²) in [6.45, 7) is 3.83. The van der Waals surface area contributed by atoms with Gasteiger partial charge in [-0.25, -0.2) is 0 Å². The van der Waals surface area contributed by atoms with Crippen molar-refractivity contribution in [2.45, 2.75) is 45.1 Å². The Hall–Kier alpha value is -1.68. The Morgan fingerprint density at radius 3 is 2.86 bits per heavy atom. The zero-order valence-corrected chi connectivity index (χ0v) is 12.5. The standard InChI is InChI=1S/C17H22N2O2/c1-2-3-6-12-7-4-9-14-15(12)17(21)19(16(14)20)13-8-5-10-18-11-13/h4,7,9,13,18H,2-3,5-6,8,10-11H2,1H3. The molecule has 0 saturated carbocycles. The SMILES string of the molecule is CCCCc1cccc2c1C(=O)N(C1CCCNC1)C2=O. The molecule has 1 aromatic carbocycles. The second kappa shape index (κ2) is 5.98. The number of imide groups is 1. The maximum absolute atomic E-state index is 12.8. The largest absolute Gasteiger partial charge is 0.315 e. The highest BCUT2D eigenvalue weighted by Crippen LogP contribution is 2.30. The molecule has 2 heterocycles. The van der Waals surface area contributed by atoms with Crippen LogP contribution in [0.3, 0.4) is 0 Å². The Morgan fingerprint density at radius 2 is 2.14 bits per heavy atom. The number of nitrogens with one attached hydrogen (secondary N) is 1. The lowest BCUT2D eigenvalue weighted by atomic mass is 9.98. The van der Waals surface area contributed by atoms with Crippen molar-refractivity contribution in [1.29, 1.82) is 0 Å². The van der Waals surface area contributed by atoms with Gasteiger partial charge in [-0.2, -0.15) is 0 Å². The smallest absolute Gasteiger partial charge is 0.262 e. The van der Waals surface area contributed by atoms with Crippen LogP contribution in [0, 0.1) is 0 Å². The fourth-order valence-electron chi connectivity index (χ4n) is 3.33. The second-order valence-corrected chi connectivity index (χ2v) is 5.92. The van der Waals surface area contributed by atoms with E-state index in [-0.39, 0.29) is 17.9 Å². The highest BCUT2D eigenvalue weighted by molar-refractivity contribution is 6.22. The van der Waals surface area contributed by atoms with Gasteiger partial charge >= 0.3 is 0 Å². The molecule has 1 atom stereocenters. The first kappa shape index (κ1) is 14.3. The van der Waals surface area contributed by atoms with E-state index < -0.39 is 0 Å². The predicted molar refractivity (Wildman–Crippen MR) is 81.4 cm³/mol. The molecule has 1 N–H and O–H groups in total. The fraction of sp³-hybridized carbons (Fsp3) is 0.529. The van der Waals surface area contributed by atoms with Gasteiger partial charge in [-0.3, -0.25) is 14.5 Å². The molecule has 3 rings (SSSR count). The van der Waals surface area contributed by atoms with Crippen molar-refractivity contribution in [3.63, 3.8) is 0 Å². The van der Waals surface area contributed by atoms with Crippen LogP contribution in [0.2, 0.25) is 0 Å². The van der Waals surface area contributed by atoms with E-state index in [1.54, 1.807) is 6.07 Å². The number of rotatable bonds is 4. The molecular weight excluding hydrogens is 264 g/mol. The molecule has 0 radical (unpaired) electrons. The lowest BCUT2D eigenvalue weighted by Gasteiger charge is -2.30. The molecule has 1 fully saturated rings. The van der Waals surface area contributed by atoms with Crippen LogP contribution >= 0.6 is 0 Å². The van der Waals surface area contributed by atoms with Crippen molar-refractivity contribution in [2.24, 2.45) is 0 Å². The number of piperidine rings is 1. The molecule has 0 aliphatic carbocycles.